The minimum absolute atomic E-state index is 0.125. The molecule has 2 unspecified atom stereocenters. The molecule has 2 fully saturated rings. The van der Waals surface area contributed by atoms with Gasteiger partial charge in [0.05, 0.1) is 13.0 Å². The topological polar surface area (TPSA) is 41.6 Å². The number of nitrogens with zero attached hydrogens (tertiary/aromatic N) is 1. The largest absolute Gasteiger partial charge is 0.496 e. The minimum Gasteiger partial charge on any atom is -0.496 e. The average Bonchev–Trinajstić information content (AvgIpc) is 3.25. The highest BCUT2D eigenvalue weighted by atomic mass is 16.5. The van der Waals surface area contributed by atoms with E-state index in [1.165, 1.54) is 0 Å². The molecule has 2 atom stereocenters. The van der Waals surface area contributed by atoms with Gasteiger partial charge in [0, 0.05) is 24.2 Å². The molecule has 4 nitrogen and oxygen atoms in total. The van der Waals surface area contributed by atoms with Gasteiger partial charge in [-0.1, -0.05) is 18.2 Å². The van der Waals surface area contributed by atoms with Crippen LogP contribution in [-0.2, 0) is 11.3 Å². The van der Waals surface area contributed by atoms with Gasteiger partial charge in [0.15, 0.2) is 0 Å². The van der Waals surface area contributed by atoms with E-state index in [0.717, 1.165) is 37.1 Å². The summed E-state index contributed by atoms with van der Waals surface area (Å²) in [5.74, 6) is 1.30. The quantitative estimate of drug-likeness (QED) is 0.903. The first-order chi connectivity index (χ1) is 10.2. The summed E-state index contributed by atoms with van der Waals surface area (Å²) in [6.07, 6.45) is 3.22. The molecule has 1 saturated carbocycles. The van der Waals surface area contributed by atoms with Crippen LogP contribution in [0.3, 0.4) is 0 Å². The van der Waals surface area contributed by atoms with Gasteiger partial charge in [-0.25, -0.2) is 0 Å². The van der Waals surface area contributed by atoms with Gasteiger partial charge in [-0.15, -0.1) is 0 Å². The van der Waals surface area contributed by atoms with Crippen molar-refractivity contribution in [3.05, 3.63) is 29.8 Å². The molecule has 21 heavy (non-hydrogen) atoms. The molecule has 1 saturated heterocycles. The molecule has 1 aliphatic carbocycles. The van der Waals surface area contributed by atoms with Crippen molar-refractivity contribution >= 4 is 5.91 Å². The third kappa shape index (κ3) is 3.05. The standard InChI is InChI=1S/C17H24N2O2/c1-12-15(9-10-18-12)17(20)19(14-7-8-14)11-13-5-3-4-6-16(13)21-2/h3-6,12,14-15,18H,7-11H2,1-2H3. The van der Waals surface area contributed by atoms with Crippen molar-refractivity contribution in [1.82, 2.24) is 10.2 Å². The Kier molecular flexibility index (Phi) is 4.15. The van der Waals surface area contributed by atoms with Crippen molar-refractivity contribution in [2.24, 2.45) is 5.92 Å². The van der Waals surface area contributed by atoms with Gasteiger partial charge in [0.1, 0.15) is 5.75 Å². The van der Waals surface area contributed by atoms with Crippen LogP contribution in [0.4, 0.5) is 0 Å². The van der Waals surface area contributed by atoms with Crippen LogP contribution in [0.2, 0.25) is 0 Å². The highest BCUT2D eigenvalue weighted by Crippen LogP contribution is 2.33. The molecule has 114 valence electrons. The Hall–Kier alpha value is -1.55. The summed E-state index contributed by atoms with van der Waals surface area (Å²) >= 11 is 0. The normalized spacial score (nSPS) is 24.9. The summed E-state index contributed by atoms with van der Waals surface area (Å²) in [6.45, 7) is 3.73. The van der Waals surface area contributed by atoms with Crippen molar-refractivity contribution in [3.63, 3.8) is 0 Å². The van der Waals surface area contributed by atoms with Crippen LogP contribution in [0, 0.1) is 5.92 Å². The monoisotopic (exact) mass is 288 g/mol. The fourth-order valence-corrected chi connectivity index (χ4v) is 3.20. The zero-order valence-electron chi connectivity index (χ0n) is 12.8. The number of methoxy groups -OCH3 is 1. The van der Waals surface area contributed by atoms with Gasteiger partial charge in [-0.3, -0.25) is 4.79 Å². The van der Waals surface area contributed by atoms with Crippen LogP contribution in [0.25, 0.3) is 0 Å². The number of hydrogen-bond donors (Lipinski definition) is 1. The smallest absolute Gasteiger partial charge is 0.227 e. The van der Waals surface area contributed by atoms with E-state index >= 15 is 0 Å². The fraction of sp³-hybridized carbons (Fsp3) is 0.588. The lowest BCUT2D eigenvalue weighted by molar-refractivity contribution is -0.137. The minimum atomic E-state index is 0.125. The van der Waals surface area contributed by atoms with Gasteiger partial charge in [0.2, 0.25) is 5.91 Å². The summed E-state index contributed by atoms with van der Waals surface area (Å²) < 4.78 is 5.42. The van der Waals surface area contributed by atoms with Gasteiger partial charge in [-0.05, 0) is 38.8 Å². The zero-order valence-corrected chi connectivity index (χ0v) is 12.8. The molecule has 1 aromatic carbocycles. The molecule has 3 rings (SSSR count). The van der Waals surface area contributed by atoms with E-state index in [-0.39, 0.29) is 12.0 Å². The second kappa shape index (κ2) is 6.06. The highest BCUT2D eigenvalue weighted by molar-refractivity contribution is 5.80. The molecule has 1 aliphatic heterocycles. The van der Waals surface area contributed by atoms with Crippen molar-refractivity contribution in [2.75, 3.05) is 13.7 Å². The third-order valence-corrected chi connectivity index (χ3v) is 4.65. The van der Waals surface area contributed by atoms with Crippen molar-refractivity contribution in [3.8, 4) is 5.75 Å². The van der Waals surface area contributed by atoms with E-state index in [1.54, 1.807) is 7.11 Å². The second-order valence-corrected chi connectivity index (χ2v) is 6.15. The Bertz CT molecular complexity index is 513. The van der Waals surface area contributed by atoms with Crippen LogP contribution < -0.4 is 10.1 Å². The molecule has 0 aromatic heterocycles. The van der Waals surface area contributed by atoms with Gasteiger partial charge in [-0.2, -0.15) is 0 Å². The molecule has 2 aliphatic rings. The molecule has 1 heterocycles. The Morgan fingerprint density at radius 1 is 1.33 bits per heavy atom. The van der Waals surface area contributed by atoms with Crippen LogP contribution in [-0.4, -0.2) is 36.5 Å². The Balaban J connectivity index is 1.77. The summed E-state index contributed by atoms with van der Waals surface area (Å²) in [4.78, 5) is 15.0. The number of para-hydroxylation sites is 1. The number of nitrogens with one attached hydrogen (secondary N) is 1. The van der Waals surface area contributed by atoms with E-state index in [2.05, 4.69) is 23.2 Å². The van der Waals surface area contributed by atoms with Gasteiger partial charge in [0.25, 0.3) is 0 Å². The van der Waals surface area contributed by atoms with Crippen molar-refractivity contribution in [2.45, 2.75) is 44.8 Å². The predicted molar refractivity (Wildman–Crippen MR) is 82.1 cm³/mol. The van der Waals surface area contributed by atoms with Crippen LogP contribution in [0.1, 0.15) is 31.7 Å². The Morgan fingerprint density at radius 2 is 2.10 bits per heavy atom. The van der Waals surface area contributed by atoms with E-state index in [9.17, 15) is 4.79 Å². The number of hydrogen-bond acceptors (Lipinski definition) is 3. The SMILES string of the molecule is COc1ccccc1CN(C(=O)C1CCNC1C)C1CC1. The predicted octanol–water partition coefficient (Wildman–Crippen LogP) is 2.18. The second-order valence-electron chi connectivity index (χ2n) is 6.15. The number of carbonyl (C=O) groups is 1. The van der Waals surface area contributed by atoms with E-state index in [0.29, 0.717) is 18.5 Å². The number of benzene rings is 1. The molecule has 4 heteroatoms. The maximum atomic E-state index is 12.9. The van der Waals surface area contributed by atoms with Crippen LogP contribution in [0.15, 0.2) is 24.3 Å². The van der Waals surface area contributed by atoms with Crippen LogP contribution >= 0.6 is 0 Å². The Morgan fingerprint density at radius 3 is 2.71 bits per heavy atom. The van der Waals surface area contributed by atoms with Crippen molar-refractivity contribution < 1.29 is 9.53 Å². The molecule has 1 amide bonds. The molecular weight excluding hydrogens is 264 g/mol. The van der Waals surface area contributed by atoms with Crippen LogP contribution in [0.5, 0.6) is 5.75 Å². The first-order valence-electron chi connectivity index (χ1n) is 7.86. The van der Waals surface area contributed by atoms with Crippen molar-refractivity contribution in [1.29, 1.82) is 0 Å². The summed E-state index contributed by atoms with van der Waals surface area (Å²) in [5, 5.41) is 3.38. The first kappa shape index (κ1) is 14.4. The fourth-order valence-electron chi connectivity index (χ4n) is 3.20. The molecule has 0 spiro atoms. The first-order valence-corrected chi connectivity index (χ1v) is 7.86. The average molecular weight is 288 g/mol. The summed E-state index contributed by atoms with van der Waals surface area (Å²) in [6, 6.07) is 8.70. The molecule has 0 radical (unpaired) electrons. The highest BCUT2D eigenvalue weighted by Gasteiger charge is 2.39. The maximum absolute atomic E-state index is 12.9. The Labute approximate surface area is 126 Å². The van der Waals surface area contributed by atoms with Gasteiger partial charge >= 0.3 is 0 Å². The molecule has 1 aromatic rings. The van der Waals surface area contributed by atoms with E-state index in [1.807, 2.05) is 18.2 Å². The molecular formula is C17H24N2O2. The summed E-state index contributed by atoms with van der Waals surface area (Å²) in [5.41, 5.74) is 1.10. The number of rotatable bonds is 5. The number of carbonyl (C=O) groups excluding carboxylic acids is 1. The number of amides is 1. The molecule has 0 bridgehead atoms. The number of ether oxygens (including phenoxy) is 1. The summed E-state index contributed by atoms with van der Waals surface area (Å²) in [7, 11) is 1.69. The van der Waals surface area contributed by atoms with E-state index < -0.39 is 0 Å². The van der Waals surface area contributed by atoms with E-state index in [4.69, 9.17) is 4.74 Å². The lowest BCUT2D eigenvalue weighted by Gasteiger charge is -2.28. The lowest BCUT2D eigenvalue weighted by atomic mass is 9.99. The third-order valence-electron chi connectivity index (χ3n) is 4.65. The van der Waals surface area contributed by atoms with Gasteiger partial charge < -0.3 is 15.0 Å². The molecule has 1 N–H and O–H groups in total. The zero-order chi connectivity index (χ0) is 14.8. The lowest BCUT2D eigenvalue weighted by Crippen LogP contribution is -2.41. The maximum Gasteiger partial charge on any atom is 0.227 e.